The van der Waals surface area contributed by atoms with E-state index in [1.54, 1.807) is 0 Å². The number of halogens is 6. The Labute approximate surface area is 180 Å². The van der Waals surface area contributed by atoms with Crippen molar-refractivity contribution in [2.75, 3.05) is 30.8 Å². The number of anilines is 2. The molecule has 14 heteroatoms. The highest BCUT2D eigenvalue weighted by Gasteiger charge is 2.38. The Kier molecular flexibility index (Phi) is 6.38. The summed E-state index contributed by atoms with van der Waals surface area (Å²) in [7, 11) is 1.91. The van der Waals surface area contributed by atoms with Gasteiger partial charge in [-0.15, -0.1) is 11.3 Å². The Bertz CT molecular complexity index is 1150. The SMILES string of the molecule is CN[C@@H]1CCN(c2nc(N)nc3c2sc2cc(C(F)(F)F)ccc23)C1.O=C(O)C(F)(F)F. The fraction of sp³-hybridized carbons (Fsp3) is 0.389. The summed E-state index contributed by atoms with van der Waals surface area (Å²) in [5.41, 5.74) is 5.82. The van der Waals surface area contributed by atoms with Gasteiger partial charge in [-0.25, -0.2) is 9.78 Å². The van der Waals surface area contributed by atoms with Crippen molar-refractivity contribution in [1.82, 2.24) is 15.3 Å². The molecule has 0 spiro atoms. The maximum atomic E-state index is 13.0. The number of carbonyl (C=O) groups is 1. The van der Waals surface area contributed by atoms with Gasteiger partial charge in [-0.05, 0) is 25.6 Å². The summed E-state index contributed by atoms with van der Waals surface area (Å²) in [5, 5.41) is 11.0. The lowest BCUT2D eigenvalue weighted by molar-refractivity contribution is -0.192. The molecular formula is C18H17F6N5O2S. The highest BCUT2D eigenvalue weighted by atomic mass is 32.1. The summed E-state index contributed by atoms with van der Waals surface area (Å²) in [5.74, 6) is -1.92. The van der Waals surface area contributed by atoms with Crippen molar-refractivity contribution in [3.8, 4) is 0 Å². The van der Waals surface area contributed by atoms with Gasteiger partial charge in [-0.1, -0.05) is 6.07 Å². The van der Waals surface area contributed by atoms with E-state index in [1.807, 2.05) is 7.05 Å². The number of nitrogen functional groups attached to an aromatic ring is 1. The van der Waals surface area contributed by atoms with Crippen molar-refractivity contribution in [1.29, 1.82) is 0 Å². The number of aliphatic carboxylic acids is 1. The predicted molar refractivity (Wildman–Crippen MR) is 108 cm³/mol. The number of nitrogens with zero attached hydrogens (tertiary/aromatic N) is 3. The number of rotatable bonds is 2. The maximum Gasteiger partial charge on any atom is 0.490 e. The first-order valence-corrected chi connectivity index (χ1v) is 9.92. The van der Waals surface area contributed by atoms with E-state index in [4.69, 9.17) is 15.6 Å². The standard InChI is InChI=1S/C16H16F3N5S.C2HF3O2/c1-21-9-4-5-24(7-9)14-13-12(22-15(20)23-14)10-3-2-8(16(17,18)19)6-11(10)25-13;3-2(4,5)1(6)7/h2-3,6,9,21H,4-5,7H2,1H3,(H2,20,22,23);(H,6,7)/t9-;/m1./s1. The van der Waals surface area contributed by atoms with Gasteiger partial charge in [0, 0.05) is 29.2 Å². The Morgan fingerprint density at radius 2 is 1.91 bits per heavy atom. The molecule has 4 N–H and O–H groups in total. The average molecular weight is 481 g/mol. The van der Waals surface area contributed by atoms with E-state index in [2.05, 4.69) is 20.2 Å². The molecule has 174 valence electrons. The minimum atomic E-state index is -5.08. The summed E-state index contributed by atoms with van der Waals surface area (Å²) in [6, 6.07) is 4.08. The molecule has 3 aromatic rings. The van der Waals surface area contributed by atoms with Crippen LogP contribution in [0, 0.1) is 0 Å². The number of carboxylic acids is 1. The predicted octanol–water partition coefficient (Wildman–Crippen LogP) is 3.88. The number of likely N-dealkylation sites (N-methyl/N-ethyl adjacent to an activating group) is 1. The minimum Gasteiger partial charge on any atom is -0.475 e. The molecule has 0 saturated carbocycles. The highest BCUT2D eigenvalue weighted by molar-refractivity contribution is 7.26. The first kappa shape index (κ1) is 23.8. The maximum absolute atomic E-state index is 13.0. The summed E-state index contributed by atoms with van der Waals surface area (Å²) < 4.78 is 72.0. The normalized spacial score (nSPS) is 17.0. The van der Waals surface area contributed by atoms with Gasteiger partial charge in [0.05, 0.1) is 15.8 Å². The molecule has 32 heavy (non-hydrogen) atoms. The van der Waals surface area contributed by atoms with Crippen LogP contribution in [-0.2, 0) is 11.0 Å². The fourth-order valence-corrected chi connectivity index (χ4v) is 4.42. The van der Waals surface area contributed by atoms with E-state index >= 15 is 0 Å². The number of hydrogen-bond donors (Lipinski definition) is 3. The van der Waals surface area contributed by atoms with Crippen LogP contribution in [-0.4, -0.2) is 53.4 Å². The molecule has 1 aromatic carbocycles. The molecule has 1 fully saturated rings. The summed E-state index contributed by atoms with van der Waals surface area (Å²) in [4.78, 5) is 19.7. The van der Waals surface area contributed by atoms with Gasteiger partial charge in [0.15, 0.2) is 5.82 Å². The van der Waals surface area contributed by atoms with Crippen molar-refractivity contribution in [2.45, 2.75) is 24.8 Å². The number of benzene rings is 1. The van der Waals surface area contributed by atoms with Gasteiger partial charge in [0.2, 0.25) is 5.95 Å². The second-order valence-electron chi connectivity index (χ2n) is 6.92. The number of carboxylic acid groups (broad SMARTS) is 1. The summed E-state index contributed by atoms with van der Waals surface area (Å²) in [6.07, 6.45) is -8.47. The van der Waals surface area contributed by atoms with E-state index in [-0.39, 0.29) is 5.95 Å². The summed E-state index contributed by atoms with van der Waals surface area (Å²) >= 11 is 1.28. The number of alkyl halides is 6. The van der Waals surface area contributed by atoms with E-state index in [9.17, 15) is 26.3 Å². The Morgan fingerprint density at radius 3 is 2.44 bits per heavy atom. The van der Waals surface area contributed by atoms with E-state index < -0.39 is 23.9 Å². The molecule has 3 heterocycles. The molecule has 0 unspecified atom stereocenters. The number of nitrogens with two attached hydrogens (primary N) is 1. The van der Waals surface area contributed by atoms with Gasteiger partial charge in [-0.3, -0.25) is 0 Å². The minimum absolute atomic E-state index is 0.134. The Hall–Kier alpha value is -2.87. The van der Waals surface area contributed by atoms with Crippen LogP contribution >= 0.6 is 11.3 Å². The zero-order chi connectivity index (χ0) is 23.8. The molecule has 2 aromatic heterocycles. The fourth-order valence-electron chi connectivity index (χ4n) is 3.22. The van der Waals surface area contributed by atoms with Gasteiger partial charge in [0.25, 0.3) is 0 Å². The van der Waals surface area contributed by atoms with Crippen LogP contribution in [0.25, 0.3) is 20.3 Å². The van der Waals surface area contributed by atoms with Crippen LogP contribution in [0.1, 0.15) is 12.0 Å². The van der Waals surface area contributed by atoms with E-state index in [0.29, 0.717) is 27.5 Å². The average Bonchev–Trinajstić information content (AvgIpc) is 3.30. The second kappa shape index (κ2) is 8.58. The summed E-state index contributed by atoms with van der Waals surface area (Å²) in [6.45, 7) is 1.60. The van der Waals surface area contributed by atoms with Gasteiger partial charge in [0.1, 0.15) is 0 Å². The number of fused-ring (bicyclic) bond motifs is 3. The lowest BCUT2D eigenvalue weighted by Gasteiger charge is -2.18. The monoisotopic (exact) mass is 481 g/mol. The van der Waals surface area contributed by atoms with Crippen LogP contribution in [0.2, 0.25) is 0 Å². The van der Waals surface area contributed by atoms with E-state index in [0.717, 1.165) is 30.3 Å². The van der Waals surface area contributed by atoms with Gasteiger partial charge in [-0.2, -0.15) is 31.3 Å². The number of aromatic nitrogens is 2. The van der Waals surface area contributed by atoms with Crippen LogP contribution in [0.3, 0.4) is 0 Å². The van der Waals surface area contributed by atoms with Crippen LogP contribution in [0.5, 0.6) is 0 Å². The molecule has 1 aliphatic rings. The molecule has 0 amide bonds. The second-order valence-corrected chi connectivity index (χ2v) is 7.97. The topological polar surface area (TPSA) is 104 Å². The van der Waals surface area contributed by atoms with Crippen molar-refractivity contribution in [3.05, 3.63) is 23.8 Å². The third-order valence-electron chi connectivity index (χ3n) is 4.78. The lowest BCUT2D eigenvalue weighted by Crippen LogP contribution is -2.30. The third-order valence-corrected chi connectivity index (χ3v) is 5.92. The molecule has 1 atom stereocenters. The van der Waals surface area contributed by atoms with Crippen molar-refractivity contribution in [3.63, 3.8) is 0 Å². The first-order chi connectivity index (χ1) is 14.8. The lowest BCUT2D eigenvalue weighted by atomic mass is 10.1. The Morgan fingerprint density at radius 1 is 1.25 bits per heavy atom. The van der Waals surface area contributed by atoms with Crippen molar-refractivity contribution in [2.24, 2.45) is 0 Å². The first-order valence-electron chi connectivity index (χ1n) is 9.10. The van der Waals surface area contributed by atoms with Crippen LogP contribution in [0.4, 0.5) is 38.1 Å². The van der Waals surface area contributed by atoms with E-state index in [1.165, 1.54) is 23.5 Å². The van der Waals surface area contributed by atoms with Gasteiger partial charge >= 0.3 is 18.3 Å². The quantitative estimate of drug-likeness (QED) is 0.478. The Balaban J connectivity index is 0.000000360. The van der Waals surface area contributed by atoms with Crippen molar-refractivity contribution >= 4 is 49.4 Å². The molecule has 1 aliphatic heterocycles. The molecule has 0 aliphatic carbocycles. The smallest absolute Gasteiger partial charge is 0.475 e. The third kappa shape index (κ3) is 4.96. The molecule has 4 rings (SSSR count). The molecule has 0 bridgehead atoms. The molecule has 0 radical (unpaired) electrons. The number of hydrogen-bond acceptors (Lipinski definition) is 7. The zero-order valence-electron chi connectivity index (χ0n) is 16.4. The number of thiophene rings is 1. The van der Waals surface area contributed by atoms with Crippen LogP contribution in [0.15, 0.2) is 18.2 Å². The van der Waals surface area contributed by atoms with Crippen molar-refractivity contribution < 1.29 is 36.2 Å². The molecule has 1 saturated heterocycles. The molecule has 7 nitrogen and oxygen atoms in total. The van der Waals surface area contributed by atoms with Gasteiger partial charge < -0.3 is 21.1 Å². The largest absolute Gasteiger partial charge is 0.490 e. The highest BCUT2D eigenvalue weighted by Crippen LogP contribution is 2.41. The van der Waals surface area contributed by atoms with Crippen LogP contribution < -0.4 is 16.0 Å². The zero-order valence-corrected chi connectivity index (χ0v) is 17.2. The number of nitrogens with one attached hydrogen (secondary N) is 1. The molecular weight excluding hydrogens is 464 g/mol.